The molecule has 1 atom stereocenters. The fourth-order valence-corrected chi connectivity index (χ4v) is 3.76. The van der Waals surface area contributed by atoms with Gasteiger partial charge in [-0.25, -0.2) is 0 Å². The Bertz CT molecular complexity index is 704. The van der Waals surface area contributed by atoms with Crippen LogP contribution in [0.5, 0.6) is 0 Å². The molecule has 0 fully saturated rings. The molecule has 4 nitrogen and oxygen atoms in total. The summed E-state index contributed by atoms with van der Waals surface area (Å²) in [5.41, 5.74) is 6.62. The fraction of sp³-hybridized carbons (Fsp3) is 0.286. The van der Waals surface area contributed by atoms with E-state index < -0.39 is 0 Å². The number of nitrogens with two attached hydrogens (primary N) is 1. The third-order valence-corrected chi connectivity index (χ3v) is 5.08. The summed E-state index contributed by atoms with van der Waals surface area (Å²) in [6, 6.07) is 7.70. The van der Waals surface area contributed by atoms with Gasteiger partial charge in [0.05, 0.1) is 18.2 Å². The van der Waals surface area contributed by atoms with Crippen LogP contribution in [0.1, 0.15) is 23.0 Å². The Labute approximate surface area is 129 Å². The molecule has 2 N–H and O–H groups in total. The predicted molar refractivity (Wildman–Crippen MR) is 85.7 cm³/mol. The molecule has 104 valence electrons. The molecule has 0 saturated carbocycles. The Morgan fingerprint density at radius 3 is 2.90 bits per heavy atom. The van der Waals surface area contributed by atoms with Gasteiger partial charge in [-0.2, -0.15) is 5.26 Å². The summed E-state index contributed by atoms with van der Waals surface area (Å²) in [6.45, 7) is 1.85. The van der Waals surface area contributed by atoms with Crippen LogP contribution in [0.3, 0.4) is 0 Å². The van der Waals surface area contributed by atoms with E-state index in [1.807, 2.05) is 25.1 Å². The summed E-state index contributed by atoms with van der Waals surface area (Å²) in [6.07, 6.45) is 0.302. The first-order valence-corrected chi connectivity index (χ1v) is 7.69. The molecule has 1 aromatic carbocycles. The lowest BCUT2D eigenvalue weighted by molar-refractivity contribution is 0.0752. The third kappa shape index (κ3) is 2.51. The number of anilines is 1. The molecule has 0 aliphatic rings. The number of nitrogens with zero attached hydrogens (tertiary/aromatic N) is 2. The quantitative estimate of drug-likeness (QED) is 0.917. The molecule has 1 aromatic heterocycles. The lowest BCUT2D eigenvalue weighted by atomic mass is 10.2. The third-order valence-electron chi connectivity index (χ3n) is 3.26. The van der Waals surface area contributed by atoms with E-state index in [-0.39, 0.29) is 11.9 Å². The Balaban J connectivity index is 2.44. The zero-order chi connectivity index (χ0) is 14.9. The number of amides is 1. The van der Waals surface area contributed by atoms with Crippen LogP contribution in [0.4, 0.5) is 5.69 Å². The molecule has 0 bridgehead atoms. The van der Waals surface area contributed by atoms with Crippen LogP contribution in [0.2, 0.25) is 0 Å². The fourth-order valence-electron chi connectivity index (χ4n) is 1.92. The van der Waals surface area contributed by atoms with Crippen LogP contribution in [-0.2, 0) is 0 Å². The van der Waals surface area contributed by atoms with E-state index in [1.165, 1.54) is 11.3 Å². The SMILES string of the molecule is CC(CC#N)N(C)C(=O)c1sc2cccc(Br)c2c1N. The molecule has 0 saturated heterocycles. The molecule has 20 heavy (non-hydrogen) atoms. The molecule has 0 aliphatic carbocycles. The van der Waals surface area contributed by atoms with Crippen molar-refractivity contribution in [1.29, 1.82) is 5.26 Å². The number of nitriles is 1. The second kappa shape index (κ2) is 5.81. The van der Waals surface area contributed by atoms with Crippen molar-refractivity contribution in [3.05, 3.63) is 27.5 Å². The number of carbonyl (C=O) groups excluding carboxylic acids is 1. The number of carbonyl (C=O) groups is 1. The summed E-state index contributed by atoms with van der Waals surface area (Å²) >= 11 is 4.84. The topological polar surface area (TPSA) is 70.1 Å². The van der Waals surface area contributed by atoms with Gasteiger partial charge in [0.25, 0.3) is 5.91 Å². The van der Waals surface area contributed by atoms with Crippen molar-refractivity contribution in [2.45, 2.75) is 19.4 Å². The minimum absolute atomic E-state index is 0.138. The van der Waals surface area contributed by atoms with Crippen LogP contribution >= 0.6 is 27.3 Å². The van der Waals surface area contributed by atoms with Crippen LogP contribution in [0.15, 0.2) is 22.7 Å². The number of thiophene rings is 1. The average molecular weight is 352 g/mol. The zero-order valence-corrected chi connectivity index (χ0v) is 13.6. The smallest absolute Gasteiger partial charge is 0.266 e. The number of fused-ring (bicyclic) bond motifs is 1. The first kappa shape index (κ1) is 14.8. The summed E-state index contributed by atoms with van der Waals surface area (Å²) in [7, 11) is 1.70. The maximum absolute atomic E-state index is 12.5. The number of benzene rings is 1. The summed E-state index contributed by atoms with van der Waals surface area (Å²) in [5.74, 6) is -0.140. The van der Waals surface area contributed by atoms with Crippen molar-refractivity contribution in [2.75, 3.05) is 12.8 Å². The highest BCUT2D eigenvalue weighted by Crippen LogP contribution is 2.38. The van der Waals surface area contributed by atoms with Gasteiger partial charge >= 0.3 is 0 Å². The molecule has 1 amide bonds. The van der Waals surface area contributed by atoms with Crippen LogP contribution < -0.4 is 5.73 Å². The second-order valence-corrected chi connectivity index (χ2v) is 6.49. The summed E-state index contributed by atoms with van der Waals surface area (Å²) in [4.78, 5) is 14.6. The van der Waals surface area contributed by atoms with Gasteiger partial charge in [-0.1, -0.05) is 22.0 Å². The molecule has 6 heteroatoms. The number of hydrogen-bond donors (Lipinski definition) is 1. The van der Waals surface area contributed by atoms with Crippen molar-refractivity contribution in [3.8, 4) is 6.07 Å². The minimum atomic E-state index is -0.140. The van der Waals surface area contributed by atoms with Gasteiger partial charge in [0.1, 0.15) is 4.88 Å². The lowest BCUT2D eigenvalue weighted by Crippen LogP contribution is -2.34. The van der Waals surface area contributed by atoms with E-state index in [4.69, 9.17) is 11.0 Å². The zero-order valence-electron chi connectivity index (χ0n) is 11.2. The highest BCUT2D eigenvalue weighted by molar-refractivity contribution is 9.10. The van der Waals surface area contributed by atoms with Gasteiger partial charge in [0.15, 0.2) is 0 Å². The van der Waals surface area contributed by atoms with E-state index in [2.05, 4.69) is 22.0 Å². The number of halogens is 1. The van der Waals surface area contributed by atoms with Crippen LogP contribution in [0, 0.1) is 11.3 Å². The van der Waals surface area contributed by atoms with Gasteiger partial charge in [-0.15, -0.1) is 11.3 Å². The van der Waals surface area contributed by atoms with E-state index in [0.29, 0.717) is 17.0 Å². The Hall–Kier alpha value is -1.58. The molecule has 2 rings (SSSR count). The van der Waals surface area contributed by atoms with E-state index in [9.17, 15) is 4.79 Å². The van der Waals surface area contributed by atoms with E-state index >= 15 is 0 Å². The van der Waals surface area contributed by atoms with Gasteiger partial charge < -0.3 is 10.6 Å². The normalized spacial score (nSPS) is 12.1. The molecule has 2 aromatic rings. The van der Waals surface area contributed by atoms with Crippen molar-refractivity contribution in [2.24, 2.45) is 0 Å². The average Bonchev–Trinajstić information content (AvgIpc) is 2.76. The standard InChI is InChI=1S/C14H14BrN3OS/c1-8(6-7-16)18(2)14(19)13-12(17)11-9(15)4-3-5-10(11)20-13/h3-5,8H,6,17H2,1-2H3. The minimum Gasteiger partial charge on any atom is -0.397 e. The Morgan fingerprint density at radius 2 is 2.30 bits per heavy atom. The molecule has 0 spiro atoms. The number of hydrogen-bond acceptors (Lipinski definition) is 4. The van der Waals surface area contributed by atoms with Crippen molar-refractivity contribution < 1.29 is 4.79 Å². The molecule has 0 aliphatic heterocycles. The molecule has 0 radical (unpaired) electrons. The van der Waals surface area contributed by atoms with Crippen molar-refractivity contribution in [3.63, 3.8) is 0 Å². The monoisotopic (exact) mass is 351 g/mol. The van der Waals surface area contributed by atoms with Crippen LogP contribution in [-0.4, -0.2) is 23.9 Å². The first-order chi connectivity index (χ1) is 9.47. The van der Waals surface area contributed by atoms with Gasteiger partial charge in [0.2, 0.25) is 0 Å². The van der Waals surface area contributed by atoms with Gasteiger partial charge in [0, 0.05) is 27.6 Å². The lowest BCUT2D eigenvalue weighted by Gasteiger charge is -2.22. The maximum atomic E-state index is 12.5. The van der Waals surface area contributed by atoms with Gasteiger partial charge in [-0.05, 0) is 19.1 Å². The molecular weight excluding hydrogens is 338 g/mol. The Kier molecular flexibility index (Phi) is 4.31. The van der Waals surface area contributed by atoms with E-state index in [0.717, 1.165) is 14.6 Å². The highest BCUT2D eigenvalue weighted by atomic mass is 79.9. The highest BCUT2D eigenvalue weighted by Gasteiger charge is 2.23. The summed E-state index contributed by atoms with van der Waals surface area (Å²) < 4.78 is 1.86. The van der Waals surface area contributed by atoms with Crippen molar-refractivity contribution >= 4 is 48.9 Å². The van der Waals surface area contributed by atoms with Crippen LogP contribution in [0.25, 0.3) is 10.1 Å². The number of rotatable bonds is 3. The van der Waals surface area contributed by atoms with Crippen molar-refractivity contribution in [1.82, 2.24) is 4.90 Å². The number of nitrogen functional groups attached to an aromatic ring is 1. The Morgan fingerprint density at radius 1 is 1.60 bits per heavy atom. The van der Waals surface area contributed by atoms with E-state index in [1.54, 1.807) is 11.9 Å². The maximum Gasteiger partial charge on any atom is 0.266 e. The predicted octanol–water partition coefficient (Wildman–Crippen LogP) is 3.62. The summed E-state index contributed by atoms with van der Waals surface area (Å²) in [5, 5.41) is 9.60. The largest absolute Gasteiger partial charge is 0.397 e. The molecule has 1 unspecified atom stereocenters. The second-order valence-electron chi connectivity index (χ2n) is 4.59. The van der Waals surface area contributed by atoms with Gasteiger partial charge in [-0.3, -0.25) is 4.79 Å². The molecular formula is C14H14BrN3OS. The molecule has 1 heterocycles. The first-order valence-electron chi connectivity index (χ1n) is 6.08.